The molecule has 0 fully saturated rings. The molecule has 0 spiro atoms. The van der Waals surface area contributed by atoms with Crippen molar-refractivity contribution in [1.82, 2.24) is 20.3 Å². The number of benzene rings is 1. The number of anilines is 1. The molecule has 0 saturated carbocycles. The quantitative estimate of drug-likeness (QED) is 0.495. The zero-order valence-corrected chi connectivity index (χ0v) is 18.2. The Bertz CT molecular complexity index is 1060. The molecule has 0 saturated heterocycles. The Morgan fingerprint density at radius 2 is 1.87 bits per heavy atom. The average Bonchev–Trinajstić information content (AvgIpc) is 2.79. The number of amides is 1. The van der Waals surface area contributed by atoms with E-state index in [9.17, 15) is 9.70 Å². The van der Waals surface area contributed by atoms with E-state index in [1.54, 1.807) is 37.4 Å². The fourth-order valence-corrected chi connectivity index (χ4v) is 3.06. The van der Waals surface area contributed by atoms with Crippen molar-refractivity contribution in [2.45, 2.75) is 33.4 Å². The van der Waals surface area contributed by atoms with Crippen LogP contribution >= 0.6 is 11.6 Å². The molecule has 0 aliphatic carbocycles. The molecule has 0 aliphatic heterocycles. The topological polar surface area (TPSA) is 109 Å². The van der Waals surface area contributed by atoms with Gasteiger partial charge < -0.3 is 10.6 Å². The van der Waals surface area contributed by atoms with Crippen LogP contribution in [0, 0.1) is 17.7 Å². The lowest BCUT2D eigenvalue weighted by atomic mass is 10.0. The summed E-state index contributed by atoms with van der Waals surface area (Å²) < 4.78 is 0. The second-order valence-corrected chi connectivity index (χ2v) is 7.73. The largest absolute Gasteiger partial charge is 0.357 e. The van der Waals surface area contributed by atoms with Crippen molar-refractivity contribution in [3.05, 3.63) is 69.8 Å². The Labute approximate surface area is 185 Å². The van der Waals surface area contributed by atoms with Crippen LogP contribution in [-0.2, 0) is 11.3 Å². The molecule has 3 aromatic rings. The van der Waals surface area contributed by atoms with Crippen LogP contribution in [0.25, 0.3) is 11.5 Å². The maximum Gasteiger partial charge on any atom is 0.243 e. The fourth-order valence-electron chi connectivity index (χ4n) is 2.92. The lowest BCUT2D eigenvalue weighted by Gasteiger charge is -2.23. The summed E-state index contributed by atoms with van der Waals surface area (Å²) in [5, 5.41) is 9.31. The number of hydrogen-bond acceptors (Lipinski definition) is 7. The van der Waals surface area contributed by atoms with Gasteiger partial charge in [-0.1, -0.05) is 43.6 Å². The number of nitrogens with one attached hydrogen (secondary N) is 2. The number of nitrogens with zero attached hydrogens (tertiary/aromatic N) is 4. The van der Waals surface area contributed by atoms with Crippen LogP contribution < -0.4 is 10.6 Å². The highest BCUT2D eigenvalue weighted by Gasteiger charge is 2.24. The van der Waals surface area contributed by atoms with Gasteiger partial charge in [0.2, 0.25) is 5.91 Å². The first-order valence-electron chi connectivity index (χ1n) is 9.81. The smallest absolute Gasteiger partial charge is 0.243 e. The van der Waals surface area contributed by atoms with Crippen molar-refractivity contribution in [2.75, 3.05) is 5.32 Å². The first-order chi connectivity index (χ1) is 14.9. The molecule has 160 valence electrons. The lowest BCUT2D eigenvalue weighted by molar-refractivity contribution is -0.122. The van der Waals surface area contributed by atoms with Gasteiger partial charge in [-0.2, -0.15) is 0 Å². The molecule has 0 aliphatic rings. The number of pyridine rings is 1. The number of aryl methyl sites for hydroxylation is 1. The zero-order chi connectivity index (χ0) is 22.4. The van der Waals surface area contributed by atoms with Gasteiger partial charge in [0.1, 0.15) is 28.3 Å². The standard InChI is InChI=1S/C22H23ClN6O2/c1-13(2)19(22(30)25-12-15-7-9-16(29-31)10-8-15)27-21-18(23)14(3)26-20(28-21)17-6-4-5-11-24-17/h4-11,13,19H,12H2,1-3H3,(H,25,30)(H,26,27,28). The van der Waals surface area contributed by atoms with Gasteiger partial charge in [0, 0.05) is 12.7 Å². The van der Waals surface area contributed by atoms with E-state index < -0.39 is 6.04 Å². The van der Waals surface area contributed by atoms with Crippen LogP contribution in [0.5, 0.6) is 0 Å². The third-order valence-electron chi connectivity index (χ3n) is 4.66. The molecule has 1 amide bonds. The number of rotatable bonds is 8. The van der Waals surface area contributed by atoms with Crippen LogP contribution in [0.3, 0.4) is 0 Å². The molecule has 1 aromatic carbocycles. The van der Waals surface area contributed by atoms with Crippen LogP contribution in [0.15, 0.2) is 53.8 Å². The molecule has 1 atom stereocenters. The fraction of sp³-hybridized carbons (Fsp3) is 0.273. The van der Waals surface area contributed by atoms with Gasteiger partial charge in [-0.05, 0) is 47.8 Å². The SMILES string of the molecule is Cc1nc(-c2ccccn2)nc(NC(C(=O)NCc2ccc(N=O)cc2)C(C)C)c1Cl. The van der Waals surface area contributed by atoms with E-state index in [0.29, 0.717) is 40.3 Å². The number of hydrogen-bond donors (Lipinski definition) is 2. The van der Waals surface area contributed by atoms with Gasteiger partial charge in [0.25, 0.3) is 0 Å². The lowest BCUT2D eigenvalue weighted by Crippen LogP contribution is -2.43. The highest BCUT2D eigenvalue weighted by Crippen LogP contribution is 2.27. The molecule has 2 N–H and O–H groups in total. The third-order valence-corrected chi connectivity index (χ3v) is 5.11. The van der Waals surface area contributed by atoms with E-state index in [0.717, 1.165) is 5.56 Å². The summed E-state index contributed by atoms with van der Waals surface area (Å²) in [6.07, 6.45) is 1.66. The van der Waals surface area contributed by atoms with Crippen molar-refractivity contribution in [3.63, 3.8) is 0 Å². The zero-order valence-electron chi connectivity index (χ0n) is 17.5. The van der Waals surface area contributed by atoms with Crippen molar-refractivity contribution >= 4 is 29.0 Å². The van der Waals surface area contributed by atoms with Crippen molar-refractivity contribution in [3.8, 4) is 11.5 Å². The summed E-state index contributed by atoms with van der Waals surface area (Å²) in [6, 6.07) is 11.6. The van der Waals surface area contributed by atoms with E-state index in [2.05, 4.69) is 30.8 Å². The van der Waals surface area contributed by atoms with Crippen LogP contribution in [0.1, 0.15) is 25.1 Å². The summed E-state index contributed by atoms with van der Waals surface area (Å²) >= 11 is 6.43. The van der Waals surface area contributed by atoms with Gasteiger partial charge in [-0.15, -0.1) is 4.91 Å². The molecule has 8 nitrogen and oxygen atoms in total. The molecule has 3 rings (SSSR count). The predicted molar refractivity (Wildman–Crippen MR) is 121 cm³/mol. The van der Waals surface area contributed by atoms with E-state index in [1.807, 2.05) is 32.0 Å². The Hall–Kier alpha value is -3.39. The minimum Gasteiger partial charge on any atom is -0.357 e. The molecule has 31 heavy (non-hydrogen) atoms. The summed E-state index contributed by atoms with van der Waals surface area (Å²) in [5.41, 5.74) is 2.40. The first-order valence-corrected chi connectivity index (χ1v) is 10.2. The highest BCUT2D eigenvalue weighted by atomic mass is 35.5. The van der Waals surface area contributed by atoms with E-state index in [1.165, 1.54) is 0 Å². The minimum absolute atomic E-state index is 0.0359. The summed E-state index contributed by atoms with van der Waals surface area (Å²) in [5.74, 6) is 0.576. The van der Waals surface area contributed by atoms with Gasteiger partial charge in [-0.25, -0.2) is 9.97 Å². The Kier molecular flexibility index (Phi) is 7.25. The maximum absolute atomic E-state index is 12.9. The van der Waals surface area contributed by atoms with Gasteiger partial charge in [0.05, 0.1) is 5.69 Å². The van der Waals surface area contributed by atoms with E-state index in [-0.39, 0.29) is 11.8 Å². The number of aromatic nitrogens is 3. The average molecular weight is 439 g/mol. The van der Waals surface area contributed by atoms with E-state index >= 15 is 0 Å². The number of halogens is 1. The molecule has 2 aromatic heterocycles. The summed E-state index contributed by atoms with van der Waals surface area (Å²) in [4.78, 5) is 36.6. The van der Waals surface area contributed by atoms with Gasteiger partial charge in [-0.3, -0.25) is 9.78 Å². The normalized spacial score (nSPS) is 11.8. The summed E-state index contributed by atoms with van der Waals surface area (Å²) in [6.45, 7) is 5.97. The minimum atomic E-state index is -0.570. The van der Waals surface area contributed by atoms with Crippen molar-refractivity contribution < 1.29 is 4.79 Å². The molecule has 1 unspecified atom stereocenters. The molecule has 2 heterocycles. The molecule has 0 bridgehead atoms. The Balaban J connectivity index is 1.78. The van der Waals surface area contributed by atoms with Crippen molar-refractivity contribution in [1.29, 1.82) is 0 Å². The number of carbonyl (C=O) groups excluding carboxylic acids is 1. The van der Waals surface area contributed by atoms with E-state index in [4.69, 9.17) is 11.6 Å². The van der Waals surface area contributed by atoms with Crippen LogP contribution in [0.2, 0.25) is 5.02 Å². The Morgan fingerprint density at radius 3 is 2.48 bits per heavy atom. The van der Waals surface area contributed by atoms with Crippen molar-refractivity contribution in [2.24, 2.45) is 11.1 Å². The second kappa shape index (κ2) is 10.1. The predicted octanol–water partition coefficient (Wildman–Crippen LogP) is 4.65. The summed E-state index contributed by atoms with van der Waals surface area (Å²) in [7, 11) is 0. The molecule has 9 heteroatoms. The molecule has 0 radical (unpaired) electrons. The monoisotopic (exact) mass is 438 g/mol. The van der Waals surface area contributed by atoms with Gasteiger partial charge >= 0.3 is 0 Å². The molecular weight excluding hydrogens is 416 g/mol. The second-order valence-electron chi connectivity index (χ2n) is 7.35. The van der Waals surface area contributed by atoms with Crippen LogP contribution in [0.4, 0.5) is 11.5 Å². The molecular formula is C22H23ClN6O2. The van der Waals surface area contributed by atoms with Gasteiger partial charge in [0.15, 0.2) is 5.82 Å². The van der Waals surface area contributed by atoms with Crippen LogP contribution in [-0.4, -0.2) is 26.9 Å². The number of carbonyl (C=O) groups is 1. The third kappa shape index (κ3) is 5.61. The number of nitroso groups, excluding NO2 is 1. The first kappa shape index (κ1) is 22.3. The Morgan fingerprint density at radius 1 is 1.13 bits per heavy atom. The highest BCUT2D eigenvalue weighted by molar-refractivity contribution is 6.33. The maximum atomic E-state index is 12.9.